The van der Waals surface area contributed by atoms with Gasteiger partial charge in [0, 0.05) is 5.02 Å². The monoisotopic (exact) mass is 342 g/mol. The van der Waals surface area contributed by atoms with Gasteiger partial charge in [-0.2, -0.15) is 0 Å². The summed E-state index contributed by atoms with van der Waals surface area (Å²) < 4.78 is 5.37. The maximum Gasteiger partial charge on any atom is 0.311 e. The summed E-state index contributed by atoms with van der Waals surface area (Å²) in [5.74, 6) is -0.127. The third kappa shape index (κ3) is 3.46. The average molecular weight is 343 g/mol. The lowest BCUT2D eigenvalue weighted by atomic mass is 10.1. The smallest absolute Gasteiger partial charge is 0.311 e. The van der Waals surface area contributed by atoms with Gasteiger partial charge >= 0.3 is 5.97 Å². The van der Waals surface area contributed by atoms with Crippen LogP contribution in [0.3, 0.4) is 0 Å². The number of benzene rings is 2. The Bertz CT molecular complexity index is 952. The number of esters is 1. The molecule has 0 unspecified atom stereocenters. The predicted molar refractivity (Wildman–Crippen MR) is 92.0 cm³/mol. The first-order valence-electron chi connectivity index (χ1n) is 7.46. The lowest BCUT2D eigenvalue weighted by molar-refractivity contribution is -0.148. The molecule has 0 spiro atoms. The van der Waals surface area contributed by atoms with Crippen molar-refractivity contribution in [2.75, 3.05) is 0 Å². The second-order valence-electron chi connectivity index (χ2n) is 5.37. The number of hydrogen-bond acceptors (Lipinski definition) is 4. The summed E-state index contributed by atoms with van der Waals surface area (Å²) in [6, 6.07) is 14.1. The van der Waals surface area contributed by atoms with Crippen molar-refractivity contribution in [2.45, 2.75) is 19.4 Å². The van der Waals surface area contributed by atoms with Crippen LogP contribution in [0.4, 0.5) is 0 Å². The van der Waals surface area contributed by atoms with Crippen molar-refractivity contribution in [1.29, 1.82) is 0 Å². The largest absolute Gasteiger partial charge is 0.454 e. The maximum atomic E-state index is 12.1. The summed E-state index contributed by atoms with van der Waals surface area (Å²) in [5, 5.41) is 1.01. The van der Waals surface area contributed by atoms with E-state index in [9.17, 15) is 9.59 Å². The second-order valence-corrected chi connectivity index (χ2v) is 5.78. The molecule has 122 valence electrons. The number of nitrogens with one attached hydrogen (secondary N) is 1. The third-order valence-electron chi connectivity index (χ3n) is 3.62. The molecule has 1 atom stereocenters. The van der Waals surface area contributed by atoms with Crippen LogP contribution in [0.15, 0.2) is 53.3 Å². The molecule has 1 aromatic heterocycles. The van der Waals surface area contributed by atoms with Gasteiger partial charge in [0.15, 0.2) is 11.9 Å². The second kappa shape index (κ2) is 6.84. The number of hydrogen-bond donors (Lipinski definition) is 1. The van der Waals surface area contributed by atoms with E-state index >= 15 is 0 Å². The Labute approximate surface area is 143 Å². The maximum absolute atomic E-state index is 12.1. The summed E-state index contributed by atoms with van der Waals surface area (Å²) in [5.41, 5.74) is 0.992. The predicted octanol–water partition coefficient (Wildman–Crippen LogP) is 3.42. The van der Waals surface area contributed by atoms with Crippen molar-refractivity contribution >= 4 is 28.5 Å². The highest BCUT2D eigenvalue weighted by Crippen LogP contribution is 2.18. The summed E-state index contributed by atoms with van der Waals surface area (Å²) in [7, 11) is 0. The van der Waals surface area contributed by atoms with Crippen LogP contribution in [0.25, 0.3) is 10.9 Å². The van der Waals surface area contributed by atoms with Crippen LogP contribution in [0.1, 0.15) is 24.4 Å². The van der Waals surface area contributed by atoms with E-state index in [-0.39, 0.29) is 12.0 Å². The number of para-hydroxylation sites is 1. The number of carbonyl (C=O) groups excluding carboxylic acids is 1. The van der Waals surface area contributed by atoms with Crippen molar-refractivity contribution in [2.24, 2.45) is 0 Å². The zero-order valence-corrected chi connectivity index (χ0v) is 13.7. The fourth-order valence-corrected chi connectivity index (χ4v) is 2.59. The number of ether oxygens (including phenoxy) is 1. The summed E-state index contributed by atoms with van der Waals surface area (Å²) >= 11 is 6.04. The molecule has 5 nitrogen and oxygen atoms in total. The van der Waals surface area contributed by atoms with Gasteiger partial charge in [0.25, 0.3) is 5.56 Å². The van der Waals surface area contributed by atoms with Crippen LogP contribution in [0.2, 0.25) is 5.02 Å². The summed E-state index contributed by atoms with van der Waals surface area (Å²) in [6.45, 7) is 1.66. The molecule has 2 aromatic carbocycles. The van der Waals surface area contributed by atoms with E-state index < -0.39 is 12.1 Å². The standard InChI is InChI=1S/C18H15ClN2O3/c1-11(24-16(22)10-12-6-2-4-8-14(12)19)17-20-15-9-5-3-7-13(15)18(23)21-17/h2-9,11H,10H2,1H3,(H,20,21,23)/t11-/m1/s1. The van der Waals surface area contributed by atoms with Crippen molar-refractivity contribution in [3.8, 4) is 0 Å². The van der Waals surface area contributed by atoms with E-state index in [1.54, 1.807) is 55.5 Å². The van der Waals surface area contributed by atoms with Crippen LogP contribution in [0.5, 0.6) is 0 Å². The van der Waals surface area contributed by atoms with E-state index in [1.807, 2.05) is 0 Å². The molecule has 0 aliphatic heterocycles. The fraction of sp³-hybridized carbons (Fsp3) is 0.167. The number of H-pyrrole nitrogens is 1. The summed E-state index contributed by atoms with van der Waals surface area (Å²) in [4.78, 5) is 31.2. The Morgan fingerprint density at radius 2 is 1.92 bits per heavy atom. The SMILES string of the molecule is C[C@@H](OC(=O)Cc1ccccc1Cl)c1nc2ccccc2c(=O)[nH]1. The zero-order valence-electron chi connectivity index (χ0n) is 13.0. The van der Waals surface area contributed by atoms with Crippen LogP contribution in [-0.2, 0) is 16.0 Å². The highest BCUT2D eigenvalue weighted by molar-refractivity contribution is 6.31. The van der Waals surface area contributed by atoms with Gasteiger partial charge in [0.05, 0.1) is 17.3 Å². The van der Waals surface area contributed by atoms with Crippen molar-refractivity contribution < 1.29 is 9.53 Å². The molecule has 0 aliphatic rings. The van der Waals surface area contributed by atoms with E-state index in [0.29, 0.717) is 27.3 Å². The molecule has 6 heteroatoms. The highest BCUT2D eigenvalue weighted by atomic mass is 35.5. The Hall–Kier alpha value is -2.66. The molecule has 0 fully saturated rings. The lowest BCUT2D eigenvalue weighted by Gasteiger charge is -2.13. The molecule has 0 amide bonds. The van der Waals surface area contributed by atoms with Crippen molar-refractivity contribution in [3.05, 3.63) is 75.3 Å². The number of aromatic amines is 1. The normalized spacial score (nSPS) is 12.1. The number of fused-ring (bicyclic) bond motifs is 1. The molecule has 0 saturated carbocycles. The minimum atomic E-state index is -0.669. The molecule has 3 rings (SSSR count). The molecule has 0 radical (unpaired) electrons. The topological polar surface area (TPSA) is 72.0 Å². The number of aromatic nitrogens is 2. The number of carbonyl (C=O) groups is 1. The van der Waals surface area contributed by atoms with E-state index in [2.05, 4.69) is 9.97 Å². The molecule has 0 aliphatic carbocycles. The molecular formula is C18H15ClN2O3. The van der Waals surface area contributed by atoms with Gasteiger partial charge < -0.3 is 9.72 Å². The van der Waals surface area contributed by atoms with E-state index in [0.717, 1.165) is 0 Å². The molecule has 0 saturated heterocycles. The fourth-order valence-electron chi connectivity index (χ4n) is 2.39. The number of halogens is 1. The van der Waals surface area contributed by atoms with Gasteiger partial charge in [-0.3, -0.25) is 9.59 Å². The molecule has 1 N–H and O–H groups in total. The first kappa shape index (κ1) is 16.2. The zero-order chi connectivity index (χ0) is 17.1. The Morgan fingerprint density at radius 1 is 1.21 bits per heavy atom. The van der Waals surface area contributed by atoms with Gasteiger partial charge in [-0.15, -0.1) is 0 Å². The van der Waals surface area contributed by atoms with Crippen LogP contribution < -0.4 is 5.56 Å². The third-order valence-corrected chi connectivity index (χ3v) is 3.99. The van der Waals surface area contributed by atoms with Gasteiger partial charge in [-0.25, -0.2) is 4.98 Å². The minimum Gasteiger partial charge on any atom is -0.454 e. The van der Waals surface area contributed by atoms with Gasteiger partial charge in [-0.1, -0.05) is 41.9 Å². The quantitative estimate of drug-likeness (QED) is 0.737. The average Bonchev–Trinajstić information content (AvgIpc) is 2.57. The molecule has 3 aromatic rings. The molecule has 1 heterocycles. The van der Waals surface area contributed by atoms with Crippen LogP contribution >= 0.6 is 11.6 Å². The van der Waals surface area contributed by atoms with E-state index in [1.165, 1.54) is 0 Å². The Morgan fingerprint density at radius 3 is 2.71 bits per heavy atom. The molecular weight excluding hydrogens is 328 g/mol. The molecule has 24 heavy (non-hydrogen) atoms. The Balaban J connectivity index is 1.77. The summed E-state index contributed by atoms with van der Waals surface area (Å²) in [6.07, 6.45) is -0.612. The first-order chi connectivity index (χ1) is 11.5. The lowest BCUT2D eigenvalue weighted by Crippen LogP contribution is -2.18. The van der Waals surface area contributed by atoms with Crippen molar-refractivity contribution in [3.63, 3.8) is 0 Å². The van der Waals surface area contributed by atoms with Crippen LogP contribution in [0, 0.1) is 0 Å². The van der Waals surface area contributed by atoms with Gasteiger partial charge in [0.1, 0.15) is 0 Å². The number of nitrogens with zero attached hydrogens (tertiary/aromatic N) is 1. The first-order valence-corrected chi connectivity index (χ1v) is 7.84. The van der Waals surface area contributed by atoms with Crippen molar-refractivity contribution in [1.82, 2.24) is 9.97 Å². The number of rotatable bonds is 4. The van der Waals surface area contributed by atoms with Gasteiger partial charge in [0.2, 0.25) is 0 Å². The Kier molecular flexibility index (Phi) is 4.62. The minimum absolute atomic E-state index is 0.0574. The van der Waals surface area contributed by atoms with Gasteiger partial charge in [-0.05, 0) is 30.7 Å². The van der Waals surface area contributed by atoms with Crippen LogP contribution in [-0.4, -0.2) is 15.9 Å². The van der Waals surface area contributed by atoms with E-state index in [4.69, 9.17) is 16.3 Å². The highest BCUT2D eigenvalue weighted by Gasteiger charge is 2.16. The molecule has 0 bridgehead atoms.